The third-order valence-corrected chi connectivity index (χ3v) is 5.99. The summed E-state index contributed by atoms with van der Waals surface area (Å²) in [6, 6.07) is 14.8. The van der Waals surface area contributed by atoms with Crippen LogP contribution in [0.5, 0.6) is 0 Å². The second-order valence-electron chi connectivity index (χ2n) is 7.04. The number of thioether (sulfide) groups is 1. The van der Waals surface area contributed by atoms with Gasteiger partial charge in [-0.1, -0.05) is 29.8 Å². The highest BCUT2D eigenvalue weighted by atomic mass is 35.5. The van der Waals surface area contributed by atoms with Crippen molar-refractivity contribution in [2.45, 2.75) is 25.3 Å². The summed E-state index contributed by atoms with van der Waals surface area (Å²) >= 11 is 7.39. The number of nitrogens with zero attached hydrogens (tertiary/aromatic N) is 3. The van der Waals surface area contributed by atoms with Crippen LogP contribution < -0.4 is 5.32 Å². The fourth-order valence-electron chi connectivity index (χ4n) is 2.96. The Morgan fingerprint density at radius 1 is 1.10 bits per heavy atom. The summed E-state index contributed by atoms with van der Waals surface area (Å²) < 4.78 is 1.79. The smallest absolute Gasteiger partial charge is 0.285 e. The Labute approximate surface area is 185 Å². The SMILES string of the molecule is Cc1nn(Cc2ccccc2Cl)c(C)c1C(=O)Nc1ccc(SC(=O)N(C)C)cc1. The molecule has 0 unspecified atom stereocenters. The molecule has 0 saturated carbocycles. The van der Waals surface area contributed by atoms with Crippen LogP contribution in [0.2, 0.25) is 5.02 Å². The average Bonchev–Trinajstić information content (AvgIpc) is 2.98. The third-order valence-electron chi connectivity index (χ3n) is 4.57. The monoisotopic (exact) mass is 442 g/mol. The van der Waals surface area contributed by atoms with Gasteiger partial charge in [0.15, 0.2) is 0 Å². The van der Waals surface area contributed by atoms with Crippen molar-refractivity contribution in [2.24, 2.45) is 0 Å². The van der Waals surface area contributed by atoms with Crippen LogP contribution in [0.25, 0.3) is 0 Å². The average molecular weight is 443 g/mol. The molecule has 0 aliphatic rings. The quantitative estimate of drug-likeness (QED) is 0.549. The van der Waals surface area contributed by atoms with Crippen molar-refractivity contribution >= 4 is 40.2 Å². The molecule has 0 fully saturated rings. The number of carbonyl (C=O) groups excluding carboxylic acids is 2. The maximum absolute atomic E-state index is 12.9. The lowest BCUT2D eigenvalue weighted by Crippen LogP contribution is -2.16. The predicted octanol–water partition coefficient (Wildman–Crippen LogP) is 5.23. The van der Waals surface area contributed by atoms with Gasteiger partial charge in [-0.15, -0.1) is 0 Å². The number of carbonyl (C=O) groups is 2. The zero-order valence-corrected chi connectivity index (χ0v) is 18.8. The Kier molecular flexibility index (Phi) is 6.84. The van der Waals surface area contributed by atoms with E-state index in [1.54, 1.807) is 30.9 Å². The minimum Gasteiger partial charge on any atom is -0.339 e. The minimum absolute atomic E-state index is 0.0519. The number of benzene rings is 2. The van der Waals surface area contributed by atoms with Gasteiger partial charge >= 0.3 is 0 Å². The number of halogens is 1. The highest BCUT2D eigenvalue weighted by molar-refractivity contribution is 8.13. The van der Waals surface area contributed by atoms with Crippen LogP contribution in [-0.2, 0) is 6.54 Å². The van der Waals surface area contributed by atoms with Crippen LogP contribution in [0.1, 0.15) is 27.3 Å². The van der Waals surface area contributed by atoms with Crippen LogP contribution in [-0.4, -0.2) is 39.9 Å². The van der Waals surface area contributed by atoms with E-state index in [4.69, 9.17) is 11.6 Å². The topological polar surface area (TPSA) is 67.2 Å². The Bertz CT molecular complexity index is 1080. The van der Waals surface area contributed by atoms with Crippen molar-refractivity contribution < 1.29 is 9.59 Å². The van der Waals surface area contributed by atoms with Gasteiger partial charge in [-0.25, -0.2) is 0 Å². The number of aromatic nitrogens is 2. The molecule has 1 heterocycles. The molecule has 1 aromatic heterocycles. The number of hydrogen-bond acceptors (Lipinski definition) is 4. The van der Waals surface area contributed by atoms with Crippen molar-refractivity contribution in [1.82, 2.24) is 14.7 Å². The molecule has 0 aliphatic heterocycles. The molecule has 156 valence electrons. The molecule has 30 heavy (non-hydrogen) atoms. The molecule has 0 atom stereocenters. The third kappa shape index (κ3) is 5.04. The van der Waals surface area contributed by atoms with Gasteiger partial charge in [0, 0.05) is 35.4 Å². The number of aryl methyl sites for hydroxylation is 1. The fraction of sp³-hybridized carbons (Fsp3) is 0.227. The van der Waals surface area contributed by atoms with Crippen LogP contribution in [0, 0.1) is 13.8 Å². The first-order valence-electron chi connectivity index (χ1n) is 9.34. The summed E-state index contributed by atoms with van der Waals surface area (Å²) in [5.74, 6) is -0.222. The summed E-state index contributed by atoms with van der Waals surface area (Å²) in [7, 11) is 3.42. The molecule has 0 saturated heterocycles. The van der Waals surface area contributed by atoms with Gasteiger partial charge in [-0.2, -0.15) is 5.10 Å². The van der Waals surface area contributed by atoms with Crippen molar-refractivity contribution in [3.63, 3.8) is 0 Å². The van der Waals surface area contributed by atoms with Crippen molar-refractivity contribution in [3.05, 3.63) is 76.1 Å². The highest BCUT2D eigenvalue weighted by Gasteiger charge is 2.19. The minimum atomic E-state index is -0.222. The molecule has 2 amide bonds. The van der Waals surface area contributed by atoms with Crippen molar-refractivity contribution in [3.8, 4) is 0 Å². The van der Waals surface area contributed by atoms with E-state index in [1.807, 2.05) is 50.2 Å². The lowest BCUT2D eigenvalue weighted by molar-refractivity contribution is 0.102. The molecule has 3 rings (SSSR count). The Morgan fingerprint density at radius 3 is 2.40 bits per heavy atom. The molecule has 6 nitrogen and oxygen atoms in total. The summed E-state index contributed by atoms with van der Waals surface area (Å²) in [4.78, 5) is 27.0. The zero-order chi connectivity index (χ0) is 21.8. The molecule has 0 bridgehead atoms. The van der Waals surface area contributed by atoms with Gasteiger partial charge in [-0.05, 0) is 61.5 Å². The standard InChI is InChI=1S/C22H23ClN4O2S/c1-14-20(15(2)27(25-14)13-16-7-5-6-8-19(16)23)21(28)24-17-9-11-18(12-10-17)30-22(29)26(3)4/h5-12H,13H2,1-4H3,(H,24,28). The first-order valence-corrected chi connectivity index (χ1v) is 10.5. The van der Waals surface area contributed by atoms with E-state index < -0.39 is 0 Å². The molecule has 3 aromatic rings. The first kappa shape index (κ1) is 21.9. The number of rotatable bonds is 5. The largest absolute Gasteiger partial charge is 0.339 e. The summed E-state index contributed by atoms with van der Waals surface area (Å²) in [5, 5.41) is 8.05. The van der Waals surface area contributed by atoms with Crippen LogP contribution >= 0.6 is 23.4 Å². The van der Waals surface area contributed by atoms with Gasteiger partial charge in [-0.3, -0.25) is 14.3 Å². The molecule has 0 aliphatic carbocycles. The Morgan fingerprint density at radius 2 is 1.77 bits per heavy atom. The summed E-state index contributed by atoms with van der Waals surface area (Å²) in [6.07, 6.45) is 0. The van der Waals surface area contributed by atoms with Crippen molar-refractivity contribution in [1.29, 1.82) is 0 Å². The van der Waals surface area contributed by atoms with Crippen molar-refractivity contribution in [2.75, 3.05) is 19.4 Å². The second kappa shape index (κ2) is 9.36. The van der Waals surface area contributed by atoms with Gasteiger partial charge in [0.25, 0.3) is 11.1 Å². The predicted molar refractivity (Wildman–Crippen MR) is 122 cm³/mol. The molecule has 0 spiro atoms. The molecule has 2 aromatic carbocycles. The van der Waals surface area contributed by atoms with Crippen LogP contribution in [0.4, 0.5) is 10.5 Å². The molecule has 0 radical (unpaired) electrons. The van der Waals surface area contributed by atoms with E-state index in [2.05, 4.69) is 10.4 Å². The van der Waals surface area contributed by atoms with Crippen LogP contribution in [0.3, 0.4) is 0 Å². The number of nitrogens with one attached hydrogen (secondary N) is 1. The Hall–Kier alpha value is -2.77. The van der Waals surface area contributed by atoms with E-state index in [-0.39, 0.29) is 11.1 Å². The summed E-state index contributed by atoms with van der Waals surface area (Å²) in [5.41, 5.74) is 3.56. The lowest BCUT2D eigenvalue weighted by Gasteiger charge is -2.10. The van der Waals surface area contributed by atoms with Gasteiger partial charge in [0.1, 0.15) is 0 Å². The maximum Gasteiger partial charge on any atom is 0.285 e. The lowest BCUT2D eigenvalue weighted by atomic mass is 10.1. The maximum atomic E-state index is 12.9. The number of hydrogen-bond donors (Lipinski definition) is 1. The molecule has 1 N–H and O–H groups in total. The fourth-order valence-corrected chi connectivity index (χ4v) is 3.81. The van der Waals surface area contributed by atoms with E-state index in [0.29, 0.717) is 28.5 Å². The molecule has 8 heteroatoms. The van der Waals surface area contributed by atoms with E-state index in [9.17, 15) is 9.59 Å². The summed E-state index contributed by atoms with van der Waals surface area (Å²) in [6.45, 7) is 4.18. The van der Waals surface area contributed by atoms with Gasteiger partial charge in [0.05, 0.1) is 17.8 Å². The highest BCUT2D eigenvalue weighted by Crippen LogP contribution is 2.24. The van der Waals surface area contributed by atoms with Gasteiger partial charge in [0.2, 0.25) is 0 Å². The first-order chi connectivity index (χ1) is 14.3. The zero-order valence-electron chi connectivity index (χ0n) is 17.3. The molecular formula is C22H23ClN4O2S. The van der Waals surface area contributed by atoms with Crippen LogP contribution in [0.15, 0.2) is 53.4 Å². The van der Waals surface area contributed by atoms with E-state index in [1.165, 1.54) is 4.90 Å². The van der Waals surface area contributed by atoms with E-state index >= 15 is 0 Å². The second-order valence-corrected chi connectivity index (χ2v) is 8.47. The number of amides is 2. The Balaban J connectivity index is 1.73. The normalized spacial score (nSPS) is 10.7. The number of anilines is 1. The van der Waals surface area contributed by atoms with Gasteiger partial charge < -0.3 is 10.2 Å². The van der Waals surface area contributed by atoms with E-state index in [0.717, 1.165) is 27.9 Å². The molecular weight excluding hydrogens is 420 g/mol.